The van der Waals surface area contributed by atoms with E-state index in [1.807, 2.05) is 25.1 Å². The number of ether oxygens (including phenoxy) is 3. The monoisotopic (exact) mass is 517 g/mol. The van der Waals surface area contributed by atoms with Crippen molar-refractivity contribution in [3.8, 4) is 17.2 Å². The molecule has 0 radical (unpaired) electrons. The number of hydrogen-bond acceptors (Lipinski definition) is 7. The topological polar surface area (TPSA) is 94.1 Å². The molecule has 2 aromatic carbocycles. The number of carbonyl (C=O) groups is 2. The summed E-state index contributed by atoms with van der Waals surface area (Å²) in [5.41, 5.74) is 4.38. The highest BCUT2D eigenvalue weighted by Crippen LogP contribution is 2.47. The van der Waals surface area contributed by atoms with Crippen LogP contribution in [-0.4, -0.2) is 37.2 Å². The van der Waals surface area contributed by atoms with Gasteiger partial charge in [0.1, 0.15) is 11.9 Å². The van der Waals surface area contributed by atoms with Gasteiger partial charge in [-0.3, -0.25) is 4.79 Å². The first kappa shape index (κ1) is 25.9. The van der Waals surface area contributed by atoms with Gasteiger partial charge in [-0.05, 0) is 80.3 Å². The number of allylic oxidation sites excluding steroid dienone is 3. The molecule has 38 heavy (non-hydrogen) atoms. The number of phenolic OH excluding ortho intramolecular Hbond substituents is 1. The van der Waals surface area contributed by atoms with Crippen molar-refractivity contribution in [2.45, 2.75) is 69.8 Å². The Bertz CT molecular complexity index is 1290. The van der Waals surface area contributed by atoms with Gasteiger partial charge in [0.25, 0.3) is 0 Å². The molecule has 1 fully saturated rings. The van der Waals surface area contributed by atoms with Crippen LogP contribution < -0.4 is 14.8 Å². The quantitative estimate of drug-likeness (QED) is 0.479. The van der Waals surface area contributed by atoms with Gasteiger partial charge in [0.2, 0.25) is 0 Å². The number of phenols is 1. The van der Waals surface area contributed by atoms with E-state index in [4.69, 9.17) is 14.2 Å². The molecule has 0 aromatic heterocycles. The van der Waals surface area contributed by atoms with Crippen LogP contribution in [0, 0.1) is 0 Å². The van der Waals surface area contributed by atoms with Gasteiger partial charge in [-0.15, -0.1) is 0 Å². The van der Waals surface area contributed by atoms with Gasteiger partial charge in [0.15, 0.2) is 17.3 Å². The third-order valence-corrected chi connectivity index (χ3v) is 7.98. The molecule has 2 aliphatic carbocycles. The van der Waals surface area contributed by atoms with E-state index in [1.54, 1.807) is 38.5 Å². The van der Waals surface area contributed by atoms with Crippen molar-refractivity contribution in [1.29, 1.82) is 0 Å². The van der Waals surface area contributed by atoms with Gasteiger partial charge in [0, 0.05) is 29.3 Å². The first-order valence-corrected chi connectivity index (χ1v) is 13.4. The number of methoxy groups -OCH3 is 2. The number of dihydropyridines is 1. The van der Waals surface area contributed by atoms with E-state index in [9.17, 15) is 14.7 Å². The number of hydrogen-bond donors (Lipinski definition) is 2. The molecule has 2 atom stereocenters. The van der Waals surface area contributed by atoms with Gasteiger partial charge >= 0.3 is 5.97 Å². The molecule has 5 rings (SSSR count). The minimum atomic E-state index is -0.554. The molecule has 0 amide bonds. The summed E-state index contributed by atoms with van der Waals surface area (Å²) in [6, 6.07) is 12.5. The molecule has 2 aromatic rings. The molecule has 0 bridgehead atoms. The van der Waals surface area contributed by atoms with Gasteiger partial charge in [-0.1, -0.05) is 24.6 Å². The largest absolute Gasteiger partial charge is 0.508 e. The van der Waals surface area contributed by atoms with E-state index < -0.39 is 5.92 Å². The molecule has 7 nitrogen and oxygen atoms in total. The number of ketones is 1. The minimum absolute atomic E-state index is 0.00734. The van der Waals surface area contributed by atoms with Crippen LogP contribution in [0.4, 0.5) is 0 Å². The second-order valence-corrected chi connectivity index (χ2v) is 10.4. The van der Waals surface area contributed by atoms with Gasteiger partial charge < -0.3 is 24.6 Å². The lowest BCUT2D eigenvalue weighted by Crippen LogP contribution is -2.37. The van der Waals surface area contributed by atoms with E-state index in [0.717, 1.165) is 42.5 Å². The fourth-order valence-electron chi connectivity index (χ4n) is 6.05. The lowest BCUT2D eigenvalue weighted by molar-refractivity contribution is -0.146. The van der Waals surface area contributed by atoms with Crippen molar-refractivity contribution < 1.29 is 28.9 Å². The Morgan fingerprint density at radius 1 is 0.921 bits per heavy atom. The van der Waals surface area contributed by atoms with E-state index in [0.29, 0.717) is 41.2 Å². The Hall–Kier alpha value is -3.74. The van der Waals surface area contributed by atoms with E-state index in [2.05, 4.69) is 5.32 Å². The molecule has 0 saturated heterocycles. The molecular formula is C31H35NO6. The number of nitrogens with one attached hydrogen (secondary N) is 1. The highest BCUT2D eigenvalue weighted by atomic mass is 16.5. The number of Topliss-reactive ketones (excluding diaryl/α,β-unsaturated/α-hetero) is 1. The fraction of sp³-hybridized carbons (Fsp3) is 0.419. The second-order valence-electron chi connectivity index (χ2n) is 10.4. The highest BCUT2D eigenvalue weighted by Gasteiger charge is 2.42. The van der Waals surface area contributed by atoms with Crippen LogP contribution in [0.1, 0.15) is 74.8 Å². The number of esters is 1. The third-order valence-electron chi connectivity index (χ3n) is 7.98. The number of rotatable bonds is 6. The summed E-state index contributed by atoms with van der Waals surface area (Å²) < 4.78 is 16.9. The first-order valence-electron chi connectivity index (χ1n) is 13.4. The maximum Gasteiger partial charge on any atom is 0.337 e. The summed E-state index contributed by atoms with van der Waals surface area (Å²) in [6.07, 6.45) is 5.86. The van der Waals surface area contributed by atoms with Gasteiger partial charge in [-0.2, -0.15) is 0 Å². The Morgan fingerprint density at radius 2 is 1.61 bits per heavy atom. The summed E-state index contributed by atoms with van der Waals surface area (Å²) in [5, 5.41) is 13.3. The van der Waals surface area contributed by atoms with Crippen molar-refractivity contribution >= 4 is 11.8 Å². The fourth-order valence-corrected chi connectivity index (χ4v) is 6.05. The van der Waals surface area contributed by atoms with Gasteiger partial charge in [-0.25, -0.2) is 4.79 Å². The van der Waals surface area contributed by atoms with Crippen LogP contribution in [0.2, 0.25) is 0 Å². The summed E-state index contributed by atoms with van der Waals surface area (Å²) in [6.45, 7) is 1.87. The summed E-state index contributed by atoms with van der Waals surface area (Å²) in [4.78, 5) is 27.4. The SMILES string of the molecule is COc1ccc([C@@H]2CC(=O)C3=C(C2)NC(C)=C(C(=O)OC2CCCCC2)[C@@H]3c2ccc(O)cc2)cc1OC. The maximum absolute atomic E-state index is 13.8. The number of benzene rings is 2. The Labute approximate surface area is 223 Å². The highest BCUT2D eigenvalue weighted by molar-refractivity contribution is 6.04. The molecular weight excluding hydrogens is 482 g/mol. The van der Waals surface area contributed by atoms with Crippen LogP contribution in [0.5, 0.6) is 17.2 Å². The zero-order chi connectivity index (χ0) is 26.8. The van der Waals surface area contributed by atoms with Crippen LogP contribution >= 0.6 is 0 Å². The zero-order valence-electron chi connectivity index (χ0n) is 22.2. The lowest BCUT2D eigenvalue weighted by Gasteiger charge is -2.37. The predicted molar refractivity (Wildman–Crippen MR) is 143 cm³/mol. The van der Waals surface area contributed by atoms with Crippen LogP contribution in [-0.2, 0) is 14.3 Å². The Kier molecular flexibility index (Phi) is 7.45. The molecule has 200 valence electrons. The molecule has 3 aliphatic rings. The van der Waals surface area contributed by atoms with Crippen molar-refractivity contribution in [3.05, 3.63) is 76.1 Å². The van der Waals surface area contributed by atoms with Crippen molar-refractivity contribution in [1.82, 2.24) is 5.32 Å². The summed E-state index contributed by atoms with van der Waals surface area (Å²) in [5.74, 6) is 0.418. The van der Waals surface area contributed by atoms with E-state index in [-0.39, 0.29) is 29.5 Å². The molecule has 0 spiro atoms. The van der Waals surface area contributed by atoms with Crippen LogP contribution in [0.25, 0.3) is 0 Å². The molecule has 1 saturated carbocycles. The normalized spacial score (nSPS) is 22.0. The molecule has 2 N–H and O–H groups in total. The summed E-state index contributed by atoms with van der Waals surface area (Å²) in [7, 11) is 3.20. The second kappa shape index (κ2) is 10.9. The Morgan fingerprint density at radius 3 is 2.29 bits per heavy atom. The van der Waals surface area contributed by atoms with Crippen molar-refractivity contribution in [3.63, 3.8) is 0 Å². The Balaban J connectivity index is 1.51. The van der Waals surface area contributed by atoms with E-state index >= 15 is 0 Å². The lowest BCUT2D eigenvalue weighted by atomic mass is 9.71. The van der Waals surface area contributed by atoms with Crippen molar-refractivity contribution in [2.24, 2.45) is 0 Å². The van der Waals surface area contributed by atoms with Gasteiger partial charge in [0.05, 0.1) is 19.8 Å². The summed E-state index contributed by atoms with van der Waals surface area (Å²) >= 11 is 0. The predicted octanol–water partition coefficient (Wildman–Crippen LogP) is 5.65. The zero-order valence-corrected chi connectivity index (χ0v) is 22.2. The standard InChI is InChI=1S/C31H35NO6/c1-18-28(31(35)38-23-7-5-4-6-8-23)29(19-9-12-22(33)13-10-19)30-24(32-18)15-21(16-25(30)34)20-11-14-26(36-2)27(17-20)37-3/h9-14,17,21,23,29,32-33H,4-8,15-16H2,1-3H3/t21-,29-/m0/s1. The maximum atomic E-state index is 13.8. The molecule has 0 unspecified atom stereocenters. The smallest absolute Gasteiger partial charge is 0.337 e. The number of aromatic hydroxyl groups is 1. The number of carbonyl (C=O) groups excluding carboxylic acids is 2. The minimum Gasteiger partial charge on any atom is -0.508 e. The average molecular weight is 518 g/mol. The molecule has 1 aliphatic heterocycles. The van der Waals surface area contributed by atoms with Crippen molar-refractivity contribution in [2.75, 3.05) is 14.2 Å². The van der Waals surface area contributed by atoms with Crippen LogP contribution in [0.3, 0.4) is 0 Å². The van der Waals surface area contributed by atoms with E-state index in [1.165, 1.54) is 6.42 Å². The van der Waals surface area contributed by atoms with Crippen LogP contribution in [0.15, 0.2) is 65.0 Å². The third kappa shape index (κ3) is 5.02. The average Bonchev–Trinajstić information content (AvgIpc) is 2.92. The first-order chi connectivity index (χ1) is 18.4. The molecule has 1 heterocycles. The molecule has 7 heteroatoms.